The second-order valence-corrected chi connectivity index (χ2v) is 6.74. The molecule has 5 heteroatoms. The lowest BCUT2D eigenvalue weighted by Crippen LogP contribution is -2.48. The van der Waals surface area contributed by atoms with Crippen LogP contribution < -0.4 is 4.90 Å². The highest BCUT2D eigenvalue weighted by molar-refractivity contribution is 7.18. The molecule has 2 atom stereocenters. The molecule has 0 radical (unpaired) electrons. The second-order valence-electron chi connectivity index (χ2n) is 5.74. The third-order valence-corrected chi connectivity index (χ3v) is 5.51. The van der Waals surface area contributed by atoms with Crippen molar-refractivity contribution >= 4 is 16.5 Å². The molecule has 4 rings (SSSR count). The highest BCUT2D eigenvalue weighted by Crippen LogP contribution is 2.34. The van der Waals surface area contributed by atoms with E-state index in [4.69, 9.17) is 4.74 Å². The van der Waals surface area contributed by atoms with Crippen molar-refractivity contribution in [1.82, 2.24) is 9.88 Å². The van der Waals surface area contributed by atoms with E-state index in [-0.39, 0.29) is 0 Å². The van der Waals surface area contributed by atoms with Crippen LogP contribution in [-0.4, -0.2) is 55.3 Å². The van der Waals surface area contributed by atoms with Crippen LogP contribution in [0.25, 0.3) is 10.4 Å². The number of thiazole rings is 1. The van der Waals surface area contributed by atoms with Gasteiger partial charge in [0, 0.05) is 25.8 Å². The number of benzene rings is 1. The standard InChI is InChI=1S/C16H19N3OS/c1-18-7-8-20-14-11-19(10-13(14)18)16-17-9-15(21-16)12-5-3-2-4-6-12/h2-6,9,13-14H,7-8,10-11H2,1H3. The second kappa shape index (κ2) is 5.40. The van der Waals surface area contributed by atoms with Crippen molar-refractivity contribution in [3.63, 3.8) is 0 Å². The van der Waals surface area contributed by atoms with Gasteiger partial charge in [0.15, 0.2) is 5.13 Å². The van der Waals surface area contributed by atoms with Gasteiger partial charge in [-0.3, -0.25) is 4.90 Å². The summed E-state index contributed by atoms with van der Waals surface area (Å²) in [4.78, 5) is 10.6. The summed E-state index contributed by atoms with van der Waals surface area (Å²) in [5.41, 5.74) is 1.24. The van der Waals surface area contributed by atoms with Crippen LogP contribution in [0.5, 0.6) is 0 Å². The zero-order valence-corrected chi connectivity index (χ0v) is 12.9. The zero-order chi connectivity index (χ0) is 14.2. The van der Waals surface area contributed by atoms with E-state index in [9.17, 15) is 0 Å². The van der Waals surface area contributed by atoms with Crippen molar-refractivity contribution in [1.29, 1.82) is 0 Å². The van der Waals surface area contributed by atoms with Gasteiger partial charge in [-0.1, -0.05) is 41.7 Å². The minimum absolute atomic E-state index is 0.327. The van der Waals surface area contributed by atoms with Crippen LogP contribution >= 0.6 is 11.3 Å². The molecule has 3 heterocycles. The quantitative estimate of drug-likeness (QED) is 0.851. The van der Waals surface area contributed by atoms with Crippen molar-refractivity contribution in [3.8, 4) is 10.4 Å². The van der Waals surface area contributed by atoms with Gasteiger partial charge < -0.3 is 9.64 Å². The molecule has 2 aromatic rings. The molecule has 2 aliphatic heterocycles. The Hall–Kier alpha value is -1.43. The number of morpholine rings is 1. The molecule has 2 aliphatic rings. The van der Waals surface area contributed by atoms with Crippen LogP contribution in [-0.2, 0) is 4.74 Å². The molecule has 0 N–H and O–H groups in total. The summed E-state index contributed by atoms with van der Waals surface area (Å²) in [6.45, 7) is 3.85. The van der Waals surface area contributed by atoms with Crippen molar-refractivity contribution < 1.29 is 4.74 Å². The fraction of sp³-hybridized carbons (Fsp3) is 0.438. The average Bonchev–Trinajstić information content (AvgIpc) is 3.15. The summed E-state index contributed by atoms with van der Waals surface area (Å²) in [6, 6.07) is 11.0. The smallest absolute Gasteiger partial charge is 0.185 e. The molecular weight excluding hydrogens is 282 g/mol. The number of anilines is 1. The van der Waals surface area contributed by atoms with Gasteiger partial charge in [-0.05, 0) is 12.6 Å². The topological polar surface area (TPSA) is 28.6 Å². The predicted molar refractivity (Wildman–Crippen MR) is 85.9 cm³/mol. The number of hydrogen-bond donors (Lipinski definition) is 0. The first-order valence-corrected chi connectivity index (χ1v) is 8.21. The van der Waals surface area contributed by atoms with Crippen molar-refractivity contribution in [3.05, 3.63) is 36.5 Å². The molecule has 0 bridgehead atoms. The van der Waals surface area contributed by atoms with E-state index in [2.05, 4.69) is 46.1 Å². The number of fused-ring (bicyclic) bond motifs is 1. The van der Waals surface area contributed by atoms with E-state index in [1.54, 1.807) is 11.3 Å². The maximum atomic E-state index is 5.91. The van der Waals surface area contributed by atoms with Crippen molar-refractivity contribution in [2.75, 3.05) is 38.2 Å². The monoisotopic (exact) mass is 301 g/mol. The summed E-state index contributed by atoms with van der Waals surface area (Å²) in [5, 5.41) is 1.11. The van der Waals surface area contributed by atoms with Gasteiger partial charge in [0.2, 0.25) is 0 Å². The Kier molecular flexibility index (Phi) is 3.41. The third-order valence-electron chi connectivity index (χ3n) is 4.40. The first kappa shape index (κ1) is 13.2. The molecule has 1 aromatic carbocycles. The third kappa shape index (κ3) is 2.46. The van der Waals surface area contributed by atoms with E-state index in [0.717, 1.165) is 31.4 Å². The molecule has 0 amide bonds. The number of hydrogen-bond acceptors (Lipinski definition) is 5. The van der Waals surface area contributed by atoms with Crippen molar-refractivity contribution in [2.45, 2.75) is 12.1 Å². The number of aromatic nitrogens is 1. The molecule has 21 heavy (non-hydrogen) atoms. The van der Waals surface area contributed by atoms with Gasteiger partial charge in [-0.2, -0.15) is 0 Å². The van der Waals surface area contributed by atoms with E-state index in [1.165, 1.54) is 10.4 Å². The predicted octanol–water partition coefficient (Wildman–Crippen LogP) is 2.33. The van der Waals surface area contributed by atoms with Gasteiger partial charge in [0.25, 0.3) is 0 Å². The number of nitrogens with zero attached hydrogens (tertiary/aromatic N) is 3. The lowest BCUT2D eigenvalue weighted by atomic mass is 10.1. The highest BCUT2D eigenvalue weighted by atomic mass is 32.1. The molecule has 2 saturated heterocycles. The maximum Gasteiger partial charge on any atom is 0.185 e. The molecule has 2 unspecified atom stereocenters. The van der Waals surface area contributed by atoms with Crippen LogP contribution in [0.2, 0.25) is 0 Å². The van der Waals surface area contributed by atoms with Crippen LogP contribution in [0.3, 0.4) is 0 Å². The minimum Gasteiger partial charge on any atom is -0.373 e. The van der Waals surface area contributed by atoms with E-state index < -0.39 is 0 Å². The Morgan fingerprint density at radius 2 is 2.10 bits per heavy atom. The van der Waals surface area contributed by atoms with Crippen LogP contribution in [0, 0.1) is 0 Å². The van der Waals surface area contributed by atoms with Gasteiger partial charge in [0.1, 0.15) is 0 Å². The Balaban J connectivity index is 1.54. The molecule has 1 aromatic heterocycles. The highest BCUT2D eigenvalue weighted by Gasteiger charge is 2.39. The fourth-order valence-corrected chi connectivity index (χ4v) is 4.10. The Morgan fingerprint density at radius 1 is 1.24 bits per heavy atom. The zero-order valence-electron chi connectivity index (χ0n) is 12.1. The summed E-state index contributed by atoms with van der Waals surface area (Å²) in [7, 11) is 2.20. The van der Waals surface area contributed by atoms with E-state index >= 15 is 0 Å². The summed E-state index contributed by atoms with van der Waals surface area (Å²) in [5.74, 6) is 0. The van der Waals surface area contributed by atoms with Gasteiger partial charge in [-0.15, -0.1) is 0 Å². The average molecular weight is 301 g/mol. The van der Waals surface area contributed by atoms with Crippen LogP contribution in [0.1, 0.15) is 0 Å². The summed E-state index contributed by atoms with van der Waals surface area (Å²) >= 11 is 1.77. The van der Waals surface area contributed by atoms with Gasteiger partial charge in [-0.25, -0.2) is 4.98 Å². The van der Waals surface area contributed by atoms with Crippen molar-refractivity contribution in [2.24, 2.45) is 0 Å². The Labute approximate surface area is 129 Å². The molecule has 110 valence electrons. The summed E-state index contributed by atoms with van der Waals surface area (Å²) < 4.78 is 5.91. The van der Waals surface area contributed by atoms with Crippen LogP contribution in [0.4, 0.5) is 5.13 Å². The van der Waals surface area contributed by atoms with Gasteiger partial charge >= 0.3 is 0 Å². The number of likely N-dealkylation sites (N-methyl/N-ethyl adjacent to an activating group) is 1. The molecule has 4 nitrogen and oxygen atoms in total. The largest absolute Gasteiger partial charge is 0.373 e. The lowest BCUT2D eigenvalue weighted by molar-refractivity contribution is -0.0362. The van der Waals surface area contributed by atoms with Gasteiger partial charge in [0.05, 0.1) is 23.6 Å². The first-order chi connectivity index (χ1) is 10.3. The SMILES string of the molecule is CN1CCOC2CN(c3ncc(-c4ccccc4)s3)CC21. The Morgan fingerprint density at radius 3 is 2.90 bits per heavy atom. The summed E-state index contributed by atoms with van der Waals surface area (Å²) in [6.07, 6.45) is 2.31. The maximum absolute atomic E-state index is 5.91. The normalized spacial score (nSPS) is 26.0. The minimum atomic E-state index is 0.327. The molecule has 0 spiro atoms. The van der Waals surface area contributed by atoms with E-state index in [1.807, 2.05) is 12.3 Å². The lowest BCUT2D eigenvalue weighted by Gasteiger charge is -2.33. The molecule has 0 saturated carbocycles. The Bertz CT molecular complexity index is 615. The van der Waals surface area contributed by atoms with Crippen LogP contribution in [0.15, 0.2) is 36.5 Å². The molecule has 0 aliphatic carbocycles. The number of ether oxygens (including phenoxy) is 1. The molecular formula is C16H19N3OS. The fourth-order valence-electron chi connectivity index (χ4n) is 3.16. The number of rotatable bonds is 2. The molecule has 2 fully saturated rings. The van der Waals surface area contributed by atoms with E-state index in [0.29, 0.717) is 12.1 Å². The first-order valence-electron chi connectivity index (χ1n) is 7.39.